The fourth-order valence-corrected chi connectivity index (χ4v) is 2.04. The van der Waals surface area contributed by atoms with E-state index in [9.17, 15) is 5.11 Å². The van der Waals surface area contributed by atoms with Crippen LogP contribution in [0.25, 0.3) is 0 Å². The Kier molecular flexibility index (Phi) is 3.34. The zero-order valence-corrected chi connectivity index (χ0v) is 7.42. The molecule has 0 saturated heterocycles. The van der Waals surface area contributed by atoms with Crippen LogP contribution in [0.4, 0.5) is 0 Å². The third-order valence-corrected chi connectivity index (χ3v) is 2.76. The lowest BCUT2D eigenvalue weighted by Crippen LogP contribution is -2.26. The van der Waals surface area contributed by atoms with Gasteiger partial charge in [-0.05, 0) is 18.3 Å². The predicted molar refractivity (Wildman–Crippen MR) is 44.4 cm³/mol. The largest absolute Gasteiger partial charge is 0.390 e. The van der Waals surface area contributed by atoms with E-state index in [1.807, 2.05) is 0 Å². The van der Waals surface area contributed by atoms with Gasteiger partial charge in [-0.15, -0.1) is 0 Å². The summed E-state index contributed by atoms with van der Waals surface area (Å²) in [6.45, 7) is 2.71. The minimum atomic E-state index is -0.238. The van der Waals surface area contributed by atoms with Gasteiger partial charge in [0.1, 0.15) is 0 Å². The number of hydrogen-bond donors (Lipinski definition) is 1. The maximum absolute atomic E-state index is 9.59. The number of aliphatic hydroxyl groups is 1. The SMILES string of the molecule is COCC(O)C1CCCC1C. The average molecular weight is 158 g/mol. The van der Waals surface area contributed by atoms with Crippen LogP contribution in [0.1, 0.15) is 26.2 Å². The first kappa shape index (κ1) is 9.01. The van der Waals surface area contributed by atoms with Crippen molar-refractivity contribution in [3.05, 3.63) is 0 Å². The Hall–Kier alpha value is -0.0800. The Morgan fingerprint density at radius 2 is 2.27 bits per heavy atom. The Bertz CT molecular complexity index is 114. The van der Waals surface area contributed by atoms with Crippen LogP contribution in [0.2, 0.25) is 0 Å². The molecule has 0 amide bonds. The number of hydrogen-bond acceptors (Lipinski definition) is 2. The summed E-state index contributed by atoms with van der Waals surface area (Å²) < 4.78 is 4.91. The van der Waals surface area contributed by atoms with E-state index in [1.54, 1.807) is 7.11 Å². The molecule has 2 nitrogen and oxygen atoms in total. The van der Waals surface area contributed by atoms with Crippen LogP contribution in [0.3, 0.4) is 0 Å². The van der Waals surface area contributed by atoms with Crippen LogP contribution < -0.4 is 0 Å². The number of methoxy groups -OCH3 is 1. The molecule has 1 aliphatic rings. The molecule has 0 aromatic rings. The second-order valence-electron chi connectivity index (χ2n) is 3.59. The summed E-state index contributed by atoms with van der Waals surface area (Å²) in [5.74, 6) is 1.16. The van der Waals surface area contributed by atoms with E-state index in [-0.39, 0.29) is 6.10 Å². The van der Waals surface area contributed by atoms with Crippen LogP contribution in [-0.2, 0) is 4.74 Å². The van der Waals surface area contributed by atoms with Gasteiger partial charge < -0.3 is 9.84 Å². The lowest BCUT2D eigenvalue weighted by molar-refractivity contribution is 0.0154. The number of aliphatic hydroxyl groups excluding tert-OH is 1. The molecule has 11 heavy (non-hydrogen) atoms. The van der Waals surface area contributed by atoms with E-state index in [1.165, 1.54) is 19.3 Å². The zero-order valence-electron chi connectivity index (χ0n) is 7.42. The Morgan fingerprint density at radius 1 is 1.55 bits per heavy atom. The number of rotatable bonds is 3. The second kappa shape index (κ2) is 4.07. The number of ether oxygens (including phenoxy) is 1. The van der Waals surface area contributed by atoms with E-state index in [0.29, 0.717) is 18.4 Å². The summed E-state index contributed by atoms with van der Waals surface area (Å²) >= 11 is 0. The smallest absolute Gasteiger partial charge is 0.0804 e. The van der Waals surface area contributed by atoms with Gasteiger partial charge in [-0.2, -0.15) is 0 Å². The molecule has 1 saturated carbocycles. The van der Waals surface area contributed by atoms with Crippen molar-refractivity contribution in [1.82, 2.24) is 0 Å². The molecule has 0 aromatic carbocycles. The van der Waals surface area contributed by atoms with Crippen LogP contribution in [-0.4, -0.2) is 24.9 Å². The van der Waals surface area contributed by atoms with Crippen molar-refractivity contribution in [3.63, 3.8) is 0 Å². The van der Waals surface area contributed by atoms with Crippen molar-refractivity contribution in [2.75, 3.05) is 13.7 Å². The Morgan fingerprint density at radius 3 is 2.73 bits per heavy atom. The molecule has 0 radical (unpaired) electrons. The molecule has 3 unspecified atom stereocenters. The fourth-order valence-electron chi connectivity index (χ4n) is 2.04. The molecule has 0 aromatic heterocycles. The minimum absolute atomic E-state index is 0.238. The van der Waals surface area contributed by atoms with E-state index < -0.39 is 0 Å². The van der Waals surface area contributed by atoms with Crippen LogP contribution >= 0.6 is 0 Å². The van der Waals surface area contributed by atoms with Gasteiger partial charge in [-0.25, -0.2) is 0 Å². The van der Waals surface area contributed by atoms with Crippen molar-refractivity contribution in [3.8, 4) is 0 Å². The van der Waals surface area contributed by atoms with Gasteiger partial charge in [0.15, 0.2) is 0 Å². The minimum Gasteiger partial charge on any atom is -0.390 e. The fraction of sp³-hybridized carbons (Fsp3) is 1.00. The molecule has 2 heteroatoms. The van der Waals surface area contributed by atoms with Crippen molar-refractivity contribution < 1.29 is 9.84 Å². The first-order valence-corrected chi connectivity index (χ1v) is 4.42. The van der Waals surface area contributed by atoms with Crippen LogP contribution in [0.5, 0.6) is 0 Å². The summed E-state index contributed by atoms with van der Waals surface area (Å²) in [6, 6.07) is 0. The molecule has 1 rings (SSSR count). The van der Waals surface area contributed by atoms with Crippen molar-refractivity contribution >= 4 is 0 Å². The van der Waals surface area contributed by atoms with E-state index >= 15 is 0 Å². The van der Waals surface area contributed by atoms with Crippen LogP contribution in [0, 0.1) is 11.8 Å². The second-order valence-corrected chi connectivity index (χ2v) is 3.59. The van der Waals surface area contributed by atoms with Gasteiger partial charge in [-0.3, -0.25) is 0 Å². The molecular weight excluding hydrogens is 140 g/mol. The lowest BCUT2D eigenvalue weighted by Gasteiger charge is -2.20. The predicted octanol–water partition coefficient (Wildman–Crippen LogP) is 1.43. The maximum atomic E-state index is 9.59. The van der Waals surface area contributed by atoms with Crippen molar-refractivity contribution in [2.45, 2.75) is 32.3 Å². The van der Waals surface area contributed by atoms with E-state index in [0.717, 1.165) is 0 Å². The quantitative estimate of drug-likeness (QED) is 0.673. The highest BCUT2D eigenvalue weighted by atomic mass is 16.5. The maximum Gasteiger partial charge on any atom is 0.0804 e. The van der Waals surface area contributed by atoms with Gasteiger partial charge in [0.2, 0.25) is 0 Å². The molecular formula is C9H18O2. The van der Waals surface area contributed by atoms with Gasteiger partial charge in [0, 0.05) is 7.11 Å². The molecule has 0 aliphatic heterocycles. The lowest BCUT2D eigenvalue weighted by atomic mass is 9.93. The Labute approximate surface area is 68.6 Å². The summed E-state index contributed by atoms with van der Waals surface area (Å²) in [5.41, 5.74) is 0. The molecule has 3 atom stereocenters. The highest BCUT2D eigenvalue weighted by molar-refractivity contribution is 4.79. The van der Waals surface area contributed by atoms with Crippen molar-refractivity contribution in [2.24, 2.45) is 11.8 Å². The van der Waals surface area contributed by atoms with Gasteiger partial charge >= 0.3 is 0 Å². The highest BCUT2D eigenvalue weighted by Gasteiger charge is 2.29. The first-order chi connectivity index (χ1) is 5.25. The standard InChI is InChI=1S/C9H18O2/c1-7-4-3-5-8(7)9(10)6-11-2/h7-10H,3-6H2,1-2H3. The topological polar surface area (TPSA) is 29.5 Å². The third kappa shape index (κ3) is 2.17. The van der Waals surface area contributed by atoms with E-state index in [4.69, 9.17) is 4.74 Å². The monoisotopic (exact) mass is 158 g/mol. The summed E-state index contributed by atoms with van der Waals surface area (Å²) in [7, 11) is 1.64. The Balaban J connectivity index is 2.33. The summed E-state index contributed by atoms with van der Waals surface area (Å²) in [6.07, 6.45) is 3.47. The average Bonchev–Trinajstić information content (AvgIpc) is 2.36. The van der Waals surface area contributed by atoms with E-state index in [2.05, 4.69) is 6.92 Å². The molecule has 1 aliphatic carbocycles. The van der Waals surface area contributed by atoms with Gasteiger partial charge in [0.25, 0.3) is 0 Å². The molecule has 0 bridgehead atoms. The molecule has 0 heterocycles. The molecule has 66 valence electrons. The third-order valence-electron chi connectivity index (χ3n) is 2.76. The normalized spacial score (nSPS) is 34.1. The molecule has 1 fully saturated rings. The first-order valence-electron chi connectivity index (χ1n) is 4.42. The molecule has 0 spiro atoms. The van der Waals surface area contributed by atoms with Crippen LogP contribution in [0.15, 0.2) is 0 Å². The van der Waals surface area contributed by atoms with Gasteiger partial charge in [0.05, 0.1) is 12.7 Å². The van der Waals surface area contributed by atoms with Crippen molar-refractivity contribution in [1.29, 1.82) is 0 Å². The summed E-state index contributed by atoms with van der Waals surface area (Å²) in [4.78, 5) is 0. The summed E-state index contributed by atoms with van der Waals surface area (Å²) in [5, 5.41) is 9.59. The van der Waals surface area contributed by atoms with Gasteiger partial charge in [-0.1, -0.05) is 19.8 Å². The molecule has 1 N–H and O–H groups in total. The zero-order chi connectivity index (χ0) is 8.27. The highest BCUT2D eigenvalue weighted by Crippen LogP contribution is 2.33.